The summed E-state index contributed by atoms with van der Waals surface area (Å²) >= 11 is 0. The average Bonchev–Trinajstić information content (AvgIpc) is 3.29. The summed E-state index contributed by atoms with van der Waals surface area (Å²) in [7, 11) is 0. The lowest BCUT2D eigenvalue weighted by Crippen LogP contribution is -2.30. The lowest BCUT2D eigenvalue weighted by atomic mass is 10.1. The van der Waals surface area contributed by atoms with E-state index in [2.05, 4.69) is 69.4 Å². The molecule has 0 aliphatic rings. The molecule has 0 spiro atoms. The summed E-state index contributed by atoms with van der Waals surface area (Å²) in [4.78, 5) is 37.9. The fourth-order valence-corrected chi connectivity index (χ4v) is 7.92. The highest BCUT2D eigenvalue weighted by molar-refractivity contribution is 5.71. The van der Waals surface area contributed by atoms with Gasteiger partial charge in [-0.2, -0.15) is 0 Å². The van der Waals surface area contributed by atoms with Crippen molar-refractivity contribution in [1.82, 2.24) is 0 Å². The summed E-state index contributed by atoms with van der Waals surface area (Å²) in [5.74, 6) is -0.882. The quantitative estimate of drug-likeness (QED) is 0.0262. The maximum atomic E-state index is 12.8. The molecule has 0 aromatic heterocycles. The molecular formula is C58H104O6. The number of carbonyl (C=O) groups is 3. The molecule has 0 saturated heterocycles. The van der Waals surface area contributed by atoms with Crippen LogP contribution >= 0.6 is 0 Å². The van der Waals surface area contributed by atoms with Crippen LogP contribution in [0.25, 0.3) is 0 Å². The number of ether oxygens (including phenoxy) is 3. The first-order valence-corrected chi connectivity index (χ1v) is 27.6. The molecule has 0 radical (unpaired) electrons. The molecule has 0 N–H and O–H groups in total. The maximum Gasteiger partial charge on any atom is 0.306 e. The Bertz CT molecular complexity index is 1120. The standard InChI is InChI=1S/C58H104O6/c1-4-7-10-13-16-19-21-23-25-27-28-29-30-32-33-35-37-39-42-45-48-51-57(60)63-54-55(53-62-56(59)50-47-44-41-18-15-12-9-6-3)64-58(61)52-49-46-43-40-38-36-34-31-26-24-22-20-17-14-11-8-5-2/h8,11,17,20,24,26-28,55H,4-7,9-10,12-16,18-19,21-23,25,29-54H2,1-3H3/b11-8-,20-17-,26-24-,28-27-. The molecule has 6 heteroatoms. The Morgan fingerprint density at radius 1 is 0.328 bits per heavy atom. The van der Waals surface area contributed by atoms with Gasteiger partial charge in [0.15, 0.2) is 6.10 Å². The van der Waals surface area contributed by atoms with Crippen LogP contribution in [0.3, 0.4) is 0 Å². The molecule has 64 heavy (non-hydrogen) atoms. The van der Waals surface area contributed by atoms with Crippen molar-refractivity contribution in [2.24, 2.45) is 0 Å². The zero-order valence-corrected chi connectivity index (χ0v) is 42.6. The third kappa shape index (κ3) is 50.4. The second-order valence-electron chi connectivity index (χ2n) is 18.5. The zero-order valence-electron chi connectivity index (χ0n) is 42.6. The molecule has 0 aromatic rings. The van der Waals surface area contributed by atoms with E-state index in [9.17, 15) is 14.4 Å². The Labute approximate surface area is 397 Å². The van der Waals surface area contributed by atoms with Crippen LogP contribution in [0, 0.1) is 0 Å². The van der Waals surface area contributed by atoms with E-state index >= 15 is 0 Å². The monoisotopic (exact) mass is 897 g/mol. The van der Waals surface area contributed by atoms with Gasteiger partial charge in [-0.05, 0) is 77.0 Å². The Kier molecular flexibility index (Phi) is 50.8. The zero-order chi connectivity index (χ0) is 46.5. The molecule has 0 aromatic carbocycles. The van der Waals surface area contributed by atoms with Gasteiger partial charge < -0.3 is 14.2 Å². The van der Waals surface area contributed by atoms with Gasteiger partial charge in [0.25, 0.3) is 0 Å². The smallest absolute Gasteiger partial charge is 0.306 e. The maximum absolute atomic E-state index is 12.8. The normalized spacial score (nSPS) is 12.4. The molecule has 0 amide bonds. The van der Waals surface area contributed by atoms with Crippen molar-refractivity contribution in [3.05, 3.63) is 48.6 Å². The molecule has 6 nitrogen and oxygen atoms in total. The van der Waals surface area contributed by atoms with E-state index in [-0.39, 0.29) is 31.1 Å². The number of carbonyl (C=O) groups excluding carboxylic acids is 3. The molecule has 0 saturated carbocycles. The molecule has 0 fully saturated rings. The second kappa shape index (κ2) is 53.0. The molecule has 1 unspecified atom stereocenters. The first kappa shape index (κ1) is 61.4. The van der Waals surface area contributed by atoms with Crippen LogP contribution < -0.4 is 0 Å². The van der Waals surface area contributed by atoms with Gasteiger partial charge in [-0.15, -0.1) is 0 Å². The van der Waals surface area contributed by atoms with Crippen LogP contribution in [0.2, 0.25) is 0 Å². The van der Waals surface area contributed by atoms with Crippen molar-refractivity contribution in [1.29, 1.82) is 0 Å². The van der Waals surface area contributed by atoms with Gasteiger partial charge in [-0.25, -0.2) is 0 Å². The number of esters is 3. The average molecular weight is 897 g/mol. The Morgan fingerprint density at radius 3 is 0.969 bits per heavy atom. The van der Waals surface area contributed by atoms with E-state index in [1.54, 1.807) is 0 Å². The van der Waals surface area contributed by atoms with E-state index in [0.29, 0.717) is 19.3 Å². The van der Waals surface area contributed by atoms with Crippen LogP contribution in [0.4, 0.5) is 0 Å². The molecule has 1 atom stereocenters. The minimum absolute atomic E-state index is 0.0759. The third-order valence-electron chi connectivity index (χ3n) is 12.1. The fraction of sp³-hybridized carbons (Fsp3) is 0.810. The number of hydrogen-bond donors (Lipinski definition) is 0. The minimum atomic E-state index is -0.775. The molecule has 0 bridgehead atoms. The van der Waals surface area contributed by atoms with Gasteiger partial charge >= 0.3 is 17.9 Å². The Hall–Kier alpha value is -2.63. The lowest BCUT2D eigenvalue weighted by Gasteiger charge is -2.18. The highest BCUT2D eigenvalue weighted by Crippen LogP contribution is 2.15. The van der Waals surface area contributed by atoms with Gasteiger partial charge in [0.2, 0.25) is 0 Å². The highest BCUT2D eigenvalue weighted by atomic mass is 16.6. The van der Waals surface area contributed by atoms with Crippen LogP contribution in [-0.4, -0.2) is 37.2 Å². The summed E-state index contributed by atoms with van der Waals surface area (Å²) in [5.41, 5.74) is 0. The predicted molar refractivity (Wildman–Crippen MR) is 275 cm³/mol. The number of rotatable bonds is 50. The van der Waals surface area contributed by atoms with Crippen molar-refractivity contribution >= 4 is 17.9 Å². The van der Waals surface area contributed by atoms with Gasteiger partial charge in [0, 0.05) is 19.3 Å². The van der Waals surface area contributed by atoms with Gasteiger partial charge in [-0.1, -0.05) is 236 Å². The van der Waals surface area contributed by atoms with Gasteiger partial charge in [-0.3, -0.25) is 14.4 Å². The van der Waals surface area contributed by atoms with Crippen LogP contribution in [0.15, 0.2) is 48.6 Å². The molecule has 0 rings (SSSR count). The highest BCUT2D eigenvalue weighted by Gasteiger charge is 2.19. The summed E-state index contributed by atoms with van der Waals surface area (Å²) in [6.45, 7) is 6.51. The van der Waals surface area contributed by atoms with Crippen molar-refractivity contribution < 1.29 is 28.6 Å². The third-order valence-corrected chi connectivity index (χ3v) is 12.1. The van der Waals surface area contributed by atoms with Crippen molar-refractivity contribution in [2.45, 2.75) is 290 Å². The summed E-state index contributed by atoms with van der Waals surface area (Å²) < 4.78 is 16.8. The van der Waals surface area contributed by atoms with Crippen LogP contribution in [0.5, 0.6) is 0 Å². The summed E-state index contributed by atoms with van der Waals surface area (Å²) in [6, 6.07) is 0. The van der Waals surface area contributed by atoms with Crippen molar-refractivity contribution in [3.8, 4) is 0 Å². The Morgan fingerprint density at radius 2 is 0.609 bits per heavy atom. The van der Waals surface area contributed by atoms with Crippen molar-refractivity contribution in [3.63, 3.8) is 0 Å². The van der Waals surface area contributed by atoms with Crippen LogP contribution in [-0.2, 0) is 28.6 Å². The van der Waals surface area contributed by atoms with E-state index < -0.39 is 6.10 Å². The number of allylic oxidation sites excluding steroid dienone is 8. The number of unbranched alkanes of at least 4 members (excludes halogenated alkanes) is 31. The van der Waals surface area contributed by atoms with E-state index in [1.807, 2.05) is 0 Å². The lowest BCUT2D eigenvalue weighted by molar-refractivity contribution is -0.167. The SMILES string of the molecule is CC/C=C\C/C=C\C/C=C\CCCCCCCCCC(=O)OC(COC(=O)CCCCCCCCCC)COC(=O)CCCCCCCCCCC/C=C\CCCCCCCCCC. The van der Waals surface area contributed by atoms with Gasteiger partial charge in [0.05, 0.1) is 0 Å². The van der Waals surface area contributed by atoms with E-state index in [0.717, 1.165) is 83.5 Å². The first-order valence-electron chi connectivity index (χ1n) is 27.6. The van der Waals surface area contributed by atoms with E-state index in [4.69, 9.17) is 14.2 Å². The molecule has 0 aliphatic carbocycles. The van der Waals surface area contributed by atoms with Crippen molar-refractivity contribution in [2.75, 3.05) is 13.2 Å². The van der Waals surface area contributed by atoms with Crippen LogP contribution in [0.1, 0.15) is 284 Å². The predicted octanol–water partition coefficient (Wildman–Crippen LogP) is 18.3. The van der Waals surface area contributed by atoms with E-state index in [1.165, 1.54) is 161 Å². The minimum Gasteiger partial charge on any atom is -0.462 e. The molecule has 372 valence electrons. The van der Waals surface area contributed by atoms with Gasteiger partial charge in [0.1, 0.15) is 13.2 Å². The summed E-state index contributed by atoms with van der Waals surface area (Å²) in [5, 5.41) is 0. The molecule has 0 aliphatic heterocycles. The first-order chi connectivity index (χ1) is 31.5. The fourth-order valence-electron chi connectivity index (χ4n) is 7.92. The summed E-state index contributed by atoms with van der Waals surface area (Å²) in [6.07, 6.45) is 64.0. The largest absolute Gasteiger partial charge is 0.462 e. The topological polar surface area (TPSA) is 78.9 Å². The molecule has 0 heterocycles. The number of hydrogen-bond acceptors (Lipinski definition) is 6. The Balaban J connectivity index is 4.23. The second-order valence-corrected chi connectivity index (χ2v) is 18.5. The molecular weight excluding hydrogens is 793 g/mol.